The van der Waals surface area contributed by atoms with E-state index in [1.165, 1.54) is 4.90 Å². The van der Waals surface area contributed by atoms with Crippen LogP contribution in [0.3, 0.4) is 0 Å². The van der Waals surface area contributed by atoms with Gasteiger partial charge in [-0.05, 0) is 104 Å². The lowest BCUT2D eigenvalue weighted by atomic mass is 9.70. The molecule has 3 aliphatic heterocycles. The summed E-state index contributed by atoms with van der Waals surface area (Å²) < 4.78 is 47.0. The zero-order chi connectivity index (χ0) is 34.3. The topological polar surface area (TPSA) is 99.9 Å². The van der Waals surface area contributed by atoms with Gasteiger partial charge in [-0.2, -0.15) is 24.9 Å². The van der Waals surface area contributed by atoms with Gasteiger partial charge in [0.1, 0.15) is 5.82 Å². The van der Waals surface area contributed by atoms with Crippen LogP contribution in [0.5, 0.6) is 0 Å². The number of likely N-dealkylation sites (tertiary alicyclic amines) is 1. The van der Waals surface area contributed by atoms with Gasteiger partial charge in [-0.15, -0.1) is 11.6 Å². The van der Waals surface area contributed by atoms with E-state index in [4.69, 9.17) is 21.3 Å². The van der Waals surface area contributed by atoms with Gasteiger partial charge in [0.25, 0.3) is 5.56 Å². The Bertz CT molecular complexity index is 1360. The summed E-state index contributed by atoms with van der Waals surface area (Å²) in [6, 6.07) is 0.517. The van der Waals surface area contributed by atoms with Gasteiger partial charge >= 0.3 is 12.1 Å². The van der Waals surface area contributed by atoms with Crippen LogP contribution < -0.4 is 10.9 Å². The van der Waals surface area contributed by atoms with Crippen LogP contribution in [0.2, 0.25) is 0 Å². The number of halogens is 4. The van der Waals surface area contributed by atoms with Gasteiger partial charge in [0.05, 0.1) is 37.4 Å². The number of aromatic nitrogens is 2. The monoisotopic (exact) mass is 717 g/mol. The maximum absolute atomic E-state index is 13.9. The molecule has 5 aliphatic rings. The van der Waals surface area contributed by atoms with Crippen molar-refractivity contribution in [3.63, 3.8) is 0 Å². The number of aliphatic carboxylic acids is 1. The number of carboxylic acids is 1. The smallest absolute Gasteiger partial charge is 0.401 e. The fourth-order valence-corrected chi connectivity index (χ4v) is 11.5. The number of likely N-dealkylation sites (N-methyl/N-ethyl adjacent to an activating group) is 1. The fourth-order valence-electron chi connectivity index (χ4n) is 9.37. The normalized spacial score (nSPS) is 35.0. The van der Waals surface area contributed by atoms with Crippen molar-refractivity contribution in [2.24, 2.45) is 17.8 Å². The molecule has 9 atom stereocenters. The highest BCUT2D eigenvalue weighted by molar-refractivity contribution is 8.00. The van der Waals surface area contributed by atoms with Crippen LogP contribution in [0.4, 0.5) is 13.2 Å². The van der Waals surface area contributed by atoms with Gasteiger partial charge in [-0.3, -0.25) is 19.1 Å². The zero-order valence-corrected chi connectivity index (χ0v) is 29.8. The summed E-state index contributed by atoms with van der Waals surface area (Å²) in [7, 11) is 2.05. The Morgan fingerprint density at radius 1 is 1.15 bits per heavy atom. The summed E-state index contributed by atoms with van der Waals surface area (Å²) in [5, 5.41) is 13.7. The summed E-state index contributed by atoms with van der Waals surface area (Å²) in [4.78, 5) is 34.5. The predicted molar refractivity (Wildman–Crippen MR) is 181 cm³/mol. The Morgan fingerprint density at radius 2 is 1.90 bits per heavy atom. The Labute approximate surface area is 290 Å². The van der Waals surface area contributed by atoms with Crippen molar-refractivity contribution >= 4 is 29.3 Å². The molecule has 1 saturated carbocycles. The van der Waals surface area contributed by atoms with E-state index in [1.807, 2.05) is 6.92 Å². The molecule has 2 aliphatic carbocycles. The molecule has 1 aromatic rings. The number of rotatable bonds is 9. The Balaban J connectivity index is 1.09. The molecule has 4 heterocycles. The van der Waals surface area contributed by atoms with Crippen LogP contribution in [-0.2, 0) is 28.9 Å². The van der Waals surface area contributed by atoms with Crippen LogP contribution in [0.25, 0.3) is 0 Å². The molecule has 4 fully saturated rings. The van der Waals surface area contributed by atoms with E-state index >= 15 is 0 Å². The molecule has 0 radical (unpaired) electrons. The van der Waals surface area contributed by atoms with Crippen molar-refractivity contribution in [3.05, 3.63) is 27.4 Å². The van der Waals surface area contributed by atoms with Gasteiger partial charge in [0.15, 0.2) is 0 Å². The minimum absolute atomic E-state index is 0.00241. The highest BCUT2D eigenvalue weighted by Gasteiger charge is 2.51. The molecule has 2 N–H and O–H groups in total. The Morgan fingerprint density at radius 3 is 2.60 bits per heavy atom. The lowest BCUT2D eigenvalue weighted by Crippen LogP contribution is -2.57. The second kappa shape index (κ2) is 15.1. The minimum Gasteiger partial charge on any atom is -0.481 e. The summed E-state index contributed by atoms with van der Waals surface area (Å²) in [5.41, 5.74) is 1.60. The van der Waals surface area contributed by atoms with Crippen molar-refractivity contribution in [1.29, 1.82) is 0 Å². The molecule has 3 saturated heterocycles. The van der Waals surface area contributed by atoms with E-state index < -0.39 is 18.7 Å². The van der Waals surface area contributed by atoms with Crippen LogP contribution in [0.15, 0.2) is 4.79 Å². The molecular formula is C34H51ClF3N5O4S. The molecule has 9 unspecified atom stereocenters. The number of nitrogens with zero attached hydrogens (tertiary/aromatic N) is 4. The number of nitrogens with one attached hydrogen (secondary N) is 1. The lowest BCUT2D eigenvalue weighted by molar-refractivity contribution is -0.149. The number of aryl methyl sites for hydroxylation is 2. The van der Waals surface area contributed by atoms with E-state index in [2.05, 4.69) is 24.2 Å². The summed E-state index contributed by atoms with van der Waals surface area (Å²) in [6.45, 7) is 4.81. The third kappa shape index (κ3) is 8.06. The van der Waals surface area contributed by atoms with Crippen molar-refractivity contribution in [2.45, 2.75) is 125 Å². The van der Waals surface area contributed by atoms with Crippen LogP contribution >= 0.6 is 23.4 Å². The van der Waals surface area contributed by atoms with E-state index in [0.29, 0.717) is 69.4 Å². The number of alkyl halides is 4. The number of ether oxygens (including phenoxy) is 1. The molecule has 9 nitrogen and oxygen atoms in total. The zero-order valence-electron chi connectivity index (χ0n) is 28.3. The first-order valence-corrected chi connectivity index (χ1v) is 19.2. The van der Waals surface area contributed by atoms with Crippen LogP contribution in [0, 0.1) is 24.7 Å². The summed E-state index contributed by atoms with van der Waals surface area (Å²) in [5.74, 6) is 0.729. The third-order valence-electron chi connectivity index (χ3n) is 11.9. The molecule has 0 amide bonds. The van der Waals surface area contributed by atoms with Crippen molar-refractivity contribution in [2.75, 3.05) is 39.0 Å². The van der Waals surface area contributed by atoms with Crippen molar-refractivity contribution in [1.82, 2.24) is 24.7 Å². The number of thioether (sulfide) groups is 1. The van der Waals surface area contributed by atoms with Gasteiger partial charge in [-0.1, -0.05) is 0 Å². The minimum atomic E-state index is -4.18. The van der Waals surface area contributed by atoms with Gasteiger partial charge in [0.2, 0.25) is 0 Å². The highest BCUT2D eigenvalue weighted by Crippen LogP contribution is 2.48. The molecule has 0 aromatic carbocycles. The maximum Gasteiger partial charge on any atom is 0.401 e. The van der Waals surface area contributed by atoms with Gasteiger partial charge in [-0.25, -0.2) is 4.98 Å². The quantitative estimate of drug-likeness (QED) is 0.362. The first-order valence-electron chi connectivity index (χ1n) is 17.8. The Hall–Kier alpha value is -1.38. The van der Waals surface area contributed by atoms with Crippen LogP contribution in [-0.4, -0.2) is 117 Å². The fraction of sp³-hybridized carbons (Fsp3) is 0.853. The number of hydrogen-bond acceptors (Lipinski definition) is 8. The number of fused-ring (bicyclic) bond motifs is 2. The number of carbonyl (C=O) groups is 1. The van der Waals surface area contributed by atoms with E-state index in [-0.39, 0.29) is 58.3 Å². The second-order valence-corrected chi connectivity index (χ2v) is 16.8. The van der Waals surface area contributed by atoms with Crippen molar-refractivity contribution in [3.8, 4) is 0 Å². The van der Waals surface area contributed by atoms with E-state index in [0.717, 1.165) is 43.4 Å². The van der Waals surface area contributed by atoms with Gasteiger partial charge < -0.3 is 20.1 Å². The molecule has 0 bridgehead atoms. The third-order valence-corrected chi connectivity index (χ3v) is 13.8. The molecule has 14 heteroatoms. The lowest BCUT2D eigenvalue weighted by Gasteiger charge is -2.47. The number of hydrogen-bond donors (Lipinski definition) is 2. The molecule has 48 heavy (non-hydrogen) atoms. The summed E-state index contributed by atoms with van der Waals surface area (Å²) in [6.07, 6.45) is 2.91. The standard InChI is InChI=1S/C34H51ClF3N5O4S/c1-19-14-25(31-30(39-19)27(17-48-31)33(45)46)24-15-21(35)4-7-29(24)47-13-12-43-20(2)40-28-6-5-23(16-26(28)32(43)44)41(3)22-8-10-42(11-9-22)18-34(36,37)38/h19,21-25,27,29-31,39H,4-18H2,1-3H3,(H,45,46). The first-order chi connectivity index (χ1) is 22.8. The maximum atomic E-state index is 13.9. The molecule has 0 spiro atoms. The highest BCUT2D eigenvalue weighted by atomic mass is 35.5. The average molecular weight is 718 g/mol. The number of piperidine rings is 2. The van der Waals surface area contributed by atoms with Gasteiger partial charge in [0, 0.05) is 46.1 Å². The summed E-state index contributed by atoms with van der Waals surface area (Å²) >= 11 is 8.51. The first kappa shape index (κ1) is 36.4. The largest absolute Gasteiger partial charge is 0.481 e. The molecule has 1 aromatic heterocycles. The van der Waals surface area contributed by atoms with Crippen LogP contribution in [0.1, 0.15) is 69.0 Å². The molecule has 270 valence electrons. The second-order valence-electron chi connectivity index (χ2n) is 14.9. The van der Waals surface area contributed by atoms with E-state index in [9.17, 15) is 27.9 Å². The number of carboxylic acid groups (broad SMARTS) is 1. The Kier molecular flexibility index (Phi) is 11.4. The SMILES string of the molecule is Cc1nc2c(c(=O)n1CCOC1CCC(Cl)CC1C1CC(C)NC3C(C(=O)O)CSC13)CC(N(C)C1CCN(CC(F)(F)F)CC1)CC2. The molecule has 6 rings (SSSR count). The molecular weight excluding hydrogens is 667 g/mol. The van der Waals surface area contributed by atoms with Crippen molar-refractivity contribution < 1.29 is 27.8 Å². The predicted octanol–water partition coefficient (Wildman–Crippen LogP) is 4.34. The average Bonchev–Trinajstić information content (AvgIpc) is 3.46. The van der Waals surface area contributed by atoms with E-state index in [1.54, 1.807) is 16.3 Å².